The largest absolute Gasteiger partial charge is 0.297 e. The van der Waals surface area contributed by atoms with E-state index in [4.69, 9.17) is 0 Å². The molecule has 0 aromatic heterocycles. The second kappa shape index (κ2) is 2.90. The molecule has 0 amide bonds. The van der Waals surface area contributed by atoms with E-state index in [2.05, 4.69) is 0 Å². The van der Waals surface area contributed by atoms with Crippen LogP contribution in [0.1, 0.15) is 5.56 Å². The molecule has 1 atom stereocenters. The average Bonchev–Trinajstić information content (AvgIpc) is 2.24. The van der Waals surface area contributed by atoms with Gasteiger partial charge in [0.2, 0.25) is 0 Å². The molecular weight excluding hydrogens is 188 g/mol. The van der Waals surface area contributed by atoms with Crippen LogP contribution in [0.15, 0.2) is 30.3 Å². The Hall–Kier alpha value is -1.71. The smallest absolute Gasteiger partial charge is 0.284 e. The predicted molar refractivity (Wildman–Crippen MR) is 49.0 cm³/mol. The predicted octanol–water partition coefficient (Wildman–Crippen LogP) is 2.27. The SMILES string of the molecule is O=CC1(F)C=Cc2ccccc2N1F. The fraction of sp³-hybridized carbons (Fsp3) is 0.100. The van der Waals surface area contributed by atoms with Gasteiger partial charge >= 0.3 is 0 Å². The highest BCUT2D eigenvalue weighted by molar-refractivity contribution is 5.82. The molecule has 1 aliphatic heterocycles. The molecule has 1 aromatic carbocycles. The van der Waals surface area contributed by atoms with E-state index in [-0.39, 0.29) is 17.1 Å². The number of carbonyl (C=O) groups excluding carboxylic acids is 1. The zero-order valence-corrected chi connectivity index (χ0v) is 7.15. The van der Waals surface area contributed by atoms with E-state index in [1.54, 1.807) is 18.2 Å². The van der Waals surface area contributed by atoms with Gasteiger partial charge in [-0.2, -0.15) is 5.12 Å². The number of hydrogen-bond acceptors (Lipinski definition) is 2. The number of para-hydroxylation sites is 1. The fourth-order valence-corrected chi connectivity index (χ4v) is 1.35. The van der Waals surface area contributed by atoms with Crippen LogP contribution in [0.25, 0.3) is 6.08 Å². The number of halogens is 2. The Morgan fingerprint density at radius 2 is 2.07 bits per heavy atom. The van der Waals surface area contributed by atoms with Crippen molar-refractivity contribution in [3.05, 3.63) is 35.9 Å². The van der Waals surface area contributed by atoms with Crippen molar-refractivity contribution >= 4 is 18.0 Å². The summed E-state index contributed by atoms with van der Waals surface area (Å²) < 4.78 is 26.9. The van der Waals surface area contributed by atoms with E-state index >= 15 is 0 Å². The van der Waals surface area contributed by atoms with E-state index < -0.39 is 5.79 Å². The van der Waals surface area contributed by atoms with Crippen LogP contribution in [-0.2, 0) is 4.79 Å². The van der Waals surface area contributed by atoms with Gasteiger partial charge in [0, 0.05) is 5.56 Å². The van der Waals surface area contributed by atoms with Crippen LogP contribution >= 0.6 is 0 Å². The van der Waals surface area contributed by atoms with Gasteiger partial charge < -0.3 is 0 Å². The van der Waals surface area contributed by atoms with Crippen LogP contribution < -0.4 is 5.12 Å². The third-order valence-electron chi connectivity index (χ3n) is 2.11. The maximum atomic E-state index is 13.5. The zero-order chi connectivity index (χ0) is 10.2. The van der Waals surface area contributed by atoms with E-state index in [1.807, 2.05) is 0 Å². The minimum absolute atomic E-state index is 0.0598. The summed E-state index contributed by atoms with van der Waals surface area (Å²) in [6.07, 6.45) is 2.21. The number of carbonyl (C=O) groups is 1. The Balaban J connectivity index is 2.55. The summed E-state index contributed by atoms with van der Waals surface area (Å²) in [4.78, 5) is 10.4. The summed E-state index contributed by atoms with van der Waals surface area (Å²) in [5.41, 5.74) is 0.606. The molecule has 0 fully saturated rings. The van der Waals surface area contributed by atoms with Crippen molar-refractivity contribution in [2.45, 2.75) is 5.79 Å². The quantitative estimate of drug-likeness (QED) is 0.389. The molecule has 1 unspecified atom stereocenters. The molecule has 2 rings (SSSR count). The Morgan fingerprint density at radius 3 is 2.79 bits per heavy atom. The van der Waals surface area contributed by atoms with Crippen molar-refractivity contribution in [1.29, 1.82) is 0 Å². The van der Waals surface area contributed by atoms with Gasteiger partial charge in [0.1, 0.15) is 0 Å². The van der Waals surface area contributed by atoms with E-state index in [1.165, 1.54) is 12.1 Å². The Kier molecular flexibility index (Phi) is 1.84. The molecular formula is C10H7F2NO. The van der Waals surface area contributed by atoms with Gasteiger partial charge in [0.25, 0.3) is 5.79 Å². The summed E-state index contributed by atoms with van der Waals surface area (Å²) in [5.74, 6) is -2.67. The lowest BCUT2D eigenvalue weighted by molar-refractivity contribution is -0.116. The molecule has 0 saturated heterocycles. The summed E-state index contributed by atoms with van der Waals surface area (Å²) in [5, 5.41) is -0.171. The lowest BCUT2D eigenvalue weighted by Crippen LogP contribution is -2.41. The van der Waals surface area contributed by atoms with E-state index in [9.17, 15) is 13.7 Å². The Bertz CT molecular complexity index is 405. The normalized spacial score (nSPS) is 24.6. The van der Waals surface area contributed by atoms with Crippen LogP contribution in [0.4, 0.5) is 14.6 Å². The first kappa shape index (κ1) is 8.87. The van der Waals surface area contributed by atoms with Crippen LogP contribution in [-0.4, -0.2) is 12.1 Å². The fourth-order valence-electron chi connectivity index (χ4n) is 1.35. The van der Waals surface area contributed by atoms with Gasteiger partial charge in [-0.25, -0.2) is 4.39 Å². The summed E-state index contributed by atoms with van der Waals surface area (Å²) in [7, 11) is 0. The molecule has 1 heterocycles. The number of alkyl halides is 1. The van der Waals surface area contributed by atoms with Gasteiger partial charge in [-0.05, 0) is 12.1 Å². The van der Waals surface area contributed by atoms with Gasteiger partial charge in [0.05, 0.1) is 5.69 Å². The molecule has 4 heteroatoms. The highest BCUT2D eigenvalue weighted by Gasteiger charge is 2.38. The lowest BCUT2D eigenvalue weighted by Gasteiger charge is -2.28. The van der Waals surface area contributed by atoms with Crippen LogP contribution in [0.2, 0.25) is 0 Å². The van der Waals surface area contributed by atoms with E-state index in [0.29, 0.717) is 5.56 Å². The summed E-state index contributed by atoms with van der Waals surface area (Å²) in [6.45, 7) is 0. The van der Waals surface area contributed by atoms with Crippen molar-refractivity contribution < 1.29 is 13.7 Å². The third-order valence-corrected chi connectivity index (χ3v) is 2.11. The molecule has 72 valence electrons. The molecule has 1 aromatic rings. The van der Waals surface area contributed by atoms with Crippen LogP contribution in [0.3, 0.4) is 0 Å². The molecule has 1 aliphatic rings. The van der Waals surface area contributed by atoms with Gasteiger partial charge in [-0.1, -0.05) is 28.8 Å². The Labute approximate surface area is 79.4 Å². The number of anilines is 1. The maximum Gasteiger partial charge on any atom is 0.284 e. The number of hydrogen-bond donors (Lipinski definition) is 0. The van der Waals surface area contributed by atoms with Crippen LogP contribution in [0.5, 0.6) is 0 Å². The minimum Gasteiger partial charge on any atom is -0.297 e. The number of fused-ring (bicyclic) bond motifs is 1. The standard InChI is InChI=1S/C10H7F2NO/c11-10(7-14)6-5-8-3-1-2-4-9(8)13(10)12/h1-7H. The van der Waals surface area contributed by atoms with Crippen molar-refractivity contribution in [3.8, 4) is 0 Å². The van der Waals surface area contributed by atoms with Crippen molar-refractivity contribution in [1.82, 2.24) is 0 Å². The third kappa shape index (κ3) is 1.11. The number of benzene rings is 1. The molecule has 2 nitrogen and oxygen atoms in total. The van der Waals surface area contributed by atoms with Crippen molar-refractivity contribution in [2.75, 3.05) is 5.12 Å². The topological polar surface area (TPSA) is 20.3 Å². The average molecular weight is 195 g/mol. The first-order valence-corrected chi connectivity index (χ1v) is 4.07. The molecule has 0 aliphatic carbocycles. The second-order valence-electron chi connectivity index (χ2n) is 3.02. The molecule has 0 spiro atoms. The molecule has 14 heavy (non-hydrogen) atoms. The van der Waals surface area contributed by atoms with Gasteiger partial charge in [-0.15, -0.1) is 0 Å². The minimum atomic E-state index is -2.67. The van der Waals surface area contributed by atoms with Gasteiger partial charge in [-0.3, -0.25) is 4.79 Å². The highest BCUT2D eigenvalue weighted by atomic mass is 19.2. The van der Waals surface area contributed by atoms with E-state index in [0.717, 1.165) is 6.08 Å². The lowest BCUT2D eigenvalue weighted by atomic mass is 10.0. The number of rotatable bonds is 1. The Morgan fingerprint density at radius 1 is 1.36 bits per heavy atom. The summed E-state index contributed by atoms with van der Waals surface area (Å²) >= 11 is 0. The second-order valence-corrected chi connectivity index (χ2v) is 3.02. The first-order valence-electron chi connectivity index (χ1n) is 4.07. The summed E-state index contributed by atoms with van der Waals surface area (Å²) in [6, 6.07) is 6.35. The van der Waals surface area contributed by atoms with Crippen molar-refractivity contribution in [3.63, 3.8) is 0 Å². The van der Waals surface area contributed by atoms with Crippen molar-refractivity contribution in [2.24, 2.45) is 0 Å². The molecule has 0 bridgehead atoms. The van der Waals surface area contributed by atoms with Crippen LogP contribution in [0, 0.1) is 0 Å². The number of nitrogens with zero attached hydrogens (tertiary/aromatic N) is 1. The zero-order valence-electron chi connectivity index (χ0n) is 7.15. The molecule has 0 saturated carbocycles. The van der Waals surface area contributed by atoms with Gasteiger partial charge in [0.15, 0.2) is 6.29 Å². The first-order chi connectivity index (χ1) is 6.67. The monoisotopic (exact) mass is 195 g/mol. The number of aldehydes is 1. The molecule has 0 N–H and O–H groups in total. The molecule has 0 radical (unpaired) electrons. The maximum absolute atomic E-state index is 13.5. The highest BCUT2D eigenvalue weighted by Crippen LogP contribution is 2.34.